The molecule has 6 heteroatoms. The van der Waals surface area contributed by atoms with Crippen molar-refractivity contribution >= 4 is 12.1 Å². The number of hydrogen-bond acceptors (Lipinski definition) is 6. The number of benzene rings is 4. The minimum absolute atomic E-state index is 0.282. The molecule has 6 nitrogen and oxygen atoms in total. The van der Waals surface area contributed by atoms with Gasteiger partial charge < -0.3 is 18.9 Å². The molecule has 0 atom stereocenters. The van der Waals surface area contributed by atoms with Gasteiger partial charge in [-0.15, -0.1) is 0 Å². The van der Waals surface area contributed by atoms with Crippen LogP contribution in [0.2, 0.25) is 0 Å². The maximum Gasteiger partial charge on any atom is 0.519 e. The Hall–Kier alpha value is -4.58. The second kappa shape index (κ2) is 12.6. The highest BCUT2D eigenvalue weighted by Gasteiger charge is 2.27. The first-order valence-corrected chi connectivity index (χ1v) is 14.7. The van der Waals surface area contributed by atoms with Gasteiger partial charge in [-0.2, -0.15) is 0 Å². The van der Waals surface area contributed by atoms with E-state index in [1.165, 1.54) is 12.5 Å². The molecule has 0 amide bonds. The van der Waals surface area contributed by atoms with Gasteiger partial charge in [-0.25, -0.2) is 4.79 Å². The summed E-state index contributed by atoms with van der Waals surface area (Å²) in [6.07, 6.45) is -0.794. The molecule has 0 saturated carbocycles. The molecule has 0 aliphatic rings. The van der Waals surface area contributed by atoms with Gasteiger partial charge in [0.2, 0.25) is 0 Å². The van der Waals surface area contributed by atoms with Crippen molar-refractivity contribution in [2.45, 2.75) is 73.1 Å². The summed E-state index contributed by atoms with van der Waals surface area (Å²) in [5, 5.41) is 0. The molecule has 0 bridgehead atoms. The summed E-state index contributed by atoms with van der Waals surface area (Å²) in [5.74, 6) is 1.94. The third-order valence-corrected chi connectivity index (χ3v) is 8.37. The van der Waals surface area contributed by atoms with Crippen molar-refractivity contribution in [1.82, 2.24) is 0 Å². The standard InChI is InChI=1S/C38H42O6/c1-23-19-30(20-24(2)34(23)41-10)38(8,9)31-21-25(3)35(26(4)22-31)44-36(40)43-33-17-13-29(14-18-33)37(6,7)28-11-15-32(16-12-28)42-27(5)39/h11-22H,1-10H3. The zero-order valence-electron chi connectivity index (χ0n) is 27.4. The number of methoxy groups -OCH3 is 1. The summed E-state index contributed by atoms with van der Waals surface area (Å²) in [7, 11) is 1.70. The van der Waals surface area contributed by atoms with Gasteiger partial charge in [0.25, 0.3) is 0 Å². The lowest BCUT2D eigenvalue weighted by molar-refractivity contribution is -0.131. The maximum atomic E-state index is 12.8. The maximum absolute atomic E-state index is 12.8. The smallest absolute Gasteiger partial charge is 0.496 e. The van der Waals surface area contributed by atoms with E-state index in [1.54, 1.807) is 31.4 Å². The topological polar surface area (TPSA) is 71.1 Å². The average Bonchev–Trinajstić information content (AvgIpc) is 2.95. The molecule has 0 aliphatic carbocycles. The van der Waals surface area contributed by atoms with E-state index < -0.39 is 6.16 Å². The van der Waals surface area contributed by atoms with Gasteiger partial charge in [-0.1, -0.05) is 76.2 Å². The van der Waals surface area contributed by atoms with Gasteiger partial charge in [-0.3, -0.25) is 4.79 Å². The number of esters is 1. The summed E-state index contributed by atoms with van der Waals surface area (Å²) in [6, 6.07) is 23.3. The van der Waals surface area contributed by atoms with Gasteiger partial charge in [0.15, 0.2) is 0 Å². The molecule has 0 saturated heterocycles. The van der Waals surface area contributed by atoms with E-state index in [0.717, 1.165) is 44.7 Å². The minimum Gasteiger partial charge on any atom is -0.496 e. The molecule has 0 heterocycles. The SMILES string of the molecule is COc1c(C)cc(C(C)(C)c2cc(C)c(OC(=O)Oc3ccc(C(C)(C)c4ccc(OC(C)=O)cc4)cc3)c(C)c2)cc1C. The van der Waals surface area contributed by atoms with Crippen LogP contribution in [0, 0.1) is 27.7 Å². The molecule has 4 rings (SSSR count). The number of hydrogen-bond donors (Lipinski definition) is 0. The molecular formula is C38H42O6. The molecule has 0 unspecified atom stereocenters. The van der Waals surface area contributed by atoms with Crippen LogP contribution in [0.1, 0.15) is 79.1 Å². The van der Waals surface area contributed by atoms with E-state index in [1.807, 2.05) is 38.1 Å². The molecule has 230 valence electrons. The van der Waals surface area contributed by atoms with Crippen molar-refractivity contribution in [2.75, 3.05) is 7.11 Å². The highest BCUT2D eigenvalue weighted by Crippen LogP contribution is 2.39. The number of ether oxygens (including phenoxy) is 4. The monoisotopic (exact) mass is 594 g/mol. The molecule has 0 fully saturated rings. The molecule has 0 spiro atoms. The number of carbonyl (C=O) groups excluding carboxylic acids is 2. The van der Waals surface area contributed by atoms with Crippen molar-refractivity contribution in [3.8, 4) is 23.0 Å². The van der Waals surface area contributed by atoms with E-state index in [4.69, 9.17) is 18.9 Å². The Morgan fingerprint density at radius 1 is 0.523 bits per heavy atom. The van der Waals surface area contributed by atoms with Crippen molar-refractivity contribution in [1.29, 1.82) is 0 Å². The lowest BCUT2D eigenvalue weighted by atomic mass is 9.76. The van der Waals surface area contributed by atoms with Crippen molar-refractivity contribution in [3.63, 3.8) is 0 Å². The highest BCUT2D eigenvalue weighted by atomic mass is 16.7. The van der Waals surface area contributed by atoms with E-state index >= 15 is 0 Å². The Kier molecular flexibility index (Phi) is 9.24. The summed E-state index contributed by atoms with van der Waals surface area (Å²) in [5.41, 5.74) is 7.67. The van der Waals surface area contributed by atoms with Crippen molar-refractivity contribution in [3.05, 3.63) is 117 Å². The first-order valence-electron chi connectivity index (χ1n) is 14.7. The van der Waals surface area contributed by atoms with Crippen LogP contribution in [0.25, 0.3) is 0 Å². The first-order chi connectivity index (χ1) is 20.6. The second-order valence-electron chi connectivity index (χ2n) is 12.4. The fraction of sp³-hybridized carbons (Fsp3) is 0.316. The molecule has 4 aromatic rings. The number of aryl methyl sites for hydroxylation is 4. The Labute approximate surface area is 260 Å². The van der Waals surface area contributed by atoms with Crippen LogP contribution >= 0.6 is 0 Å². The normalized spacial score (nSPS) is 11.6. The van der Waals surface area contributed by atoms with E-state index in [2.05, 4.69) is 65.8 Å². The third-order valence-electron chi connectivity index (χ3n) is 8.37. The van der Waals surface area contributed by atoms with E-state index in [0.29, 0.717) is 17.2 Å². The molecule has 0 aromatic heterocycles. The summed E-state index contributed by atoms with van der Waals surface area (Å²) in [4.78, 5) is 24.1. The van der Waals surface area contributed by atoms with Gasteiger partial charge in [0, 0.05) is 17.8 Å². The lowest BCUT2D eigenvalue weighted by Gasteiger charge is -2.29. The fourth-order valence-corrected chi connectivity index (χ4v) is 5.68. The zero-order chi connectivity index (χ0) is 32.4. The van der Waals surface area contributed by atoms with Gasteiger partial charge in [0.05, 0.1) is 7.11 Å². The quantitative estimate of drug-likeness (QED) is 0.115. The van der Waals surface area contributed by atoms with Gasteiger partial charge in [0.1, 0.15) is 23.0 Å². The summed E-state index contributed by atoms with van der Waals surface area (Å²) < 4.78 is 22.0. The largest absolute Gasteiger partial charge is 0.519 e. The molecular weight excluding hydrogens is 552 g/mol. The predicted octanol–water partition coefficient (Wildman–Crippen LogP) is 9.08. The van der Waals surface area contributed by atoms with Crippen LogP contribution in [-0.2, 0) is 15.6 Å². The molecule has 0 aliphatic heterocycles. The van der Waals surface area contributed by atoms with Crippen molar-refractivity contribution < 1.29 is 28.5 Å². The van der Waals surface area contributed by atoms with Crippen LogP contribution in [-0.4, -0.2) is 19.2 Å². The lowest BCUT2D eigenvalue weighted by Crippen LogP contribution is -2.21. The summed E-state index contributed by atoms with van der Waals surface area (Å²) >= 11 is 0. The first kappa shape index (κ1) is 32.3. The third kappa shape index (κ3) is 6.80. The Morgan fingerprint density at radius 3 is 1.27 bits per heavy atom. The minimum atomic E-state index is -0.794. The Morgan fingerprint density at radius 2 is 0.886 bits per heavy atom. The second-order valence-corrected chi connectivity index (χ2v) is 12.4. The number of rotatable bonds is 8. The van der Waals surface area contributed by atoms with Crippen LogP contribution in [0.3, 0.4) is 0 Å². The van der Waals surface area contributed by atoms with Gasteiger partial charge in [-0.05, 0) is 96.5 Å². The van der Waals surface area contributed by atoms with Crippen LogP contribution < -0.4 is 18.9 Å². The summed E-state index contributed by atoms with van der Waals surface area (Å²) in [6.45, 7) is 18.0. The molecule has 44 heavy (non-hydrogen) atoms. The van der Waals surface area contributed by atoms with Crippen LogP contribution in [0.5, 0.6) is 23.0 Å². The zero-order valence-corrected chi connectivity index (χ0v) is 27.4. The fourth-order valence-electron chi connectivity index (χ4n) is 5.68. The molecule has 0 radical (unpaired) electrons. The molecule has 4 aromatic carbocycles. The predicted molar refractivity (Wildman–Crippen MR) is 173 cm³/mol. The Balaban J connectivity index is 1.47. The average molecular weight is 595 g/mol. The van der Waals surface area contributed by atoms with Crippen LogP contribution in [0.4, 0.5) is 4.79 Å². The highest BCUT2D eigenvalue weighted by molar-refractivity contribution is 5.70. The molecule has 0 N–H and O–H groups in total. The van der Waals surface area contributed by atoms with Crippen molar-refractivity contribution in [2.24, 2.45) is 0 Å². The number of carbonyl (C=O) groups is 2. The van der Waals surface area contributed by atoms with Gasteiger partial charge >= 0.3 is 12.1 Å². The van der Waals surface area contributed by atoms with E-state index in [9.17, 15) is 9.59 Å². The Bertz CT molecular complexity index is 1630. The van der Waals surface area contributed by atoms with Crippen LogP contribution in [0.15, 0.2) is 72.8 Å². The van der Waals surface area contributed by atoms with E-state index in [-0.39, 0.29) is 16.8 Å².